The lowest BCUT2D eigenvalue weighted by molar-refractivity contribution is 1.25. The minimum Gasteiger partial charge on any atom is -0.255 e. The molecule has 64 valence electrons. The third kappa shape index (κ3) is 1.81. The fraction of sp³-hybridized carbons (Fsp3) is 0. The van der Waals surface area contributed by atoms with Gasteiger partial charge >= 0.3 is 0 Å². The first-order chi connectivity index (χ1) is 6.36. The van der Waals surface area contributed by atoms with Crippen LogP contribution in [0.4, 0.5) is 0 Å². The topological polar surface area (TPSA) is 25.8 Å². The molecule has 0 aliphatic carbocycles. The number of pyridine rings is 2. The van der Waals surface area contributed by atoms with Gasteiger partial charge in [0.2, 0.25) is 0 Å². The van der Waals surface area contributed by atoms with E-state index in [0.717, 1.165) is 21.6 Å². The molecule has 3 heteroatoms. The first-order valence-electron chi connectivity index (χ1n) is 4.20. The van der Waals surface area contributed by atoms with Crippen molar-refractivity contribution in [3.05, 3.63) is 42.7 Å². The van der Waals surface area contributed by atoms with E-state index in [1.54, 1.807) is 6.20 Å². The minimum atomic E-state index is 0.934. The Balaban J connectivity index is 2.42. The molecule has 0 radical (unpaired) electrons. The second kappa shape index (κ2) is 3.49. The number of hydrogen-bond donors (Lipinski definition) is 0. The maximum Gasteiger partial charge on any atom is 0.0886 e. The Labute approximate surface area is 80.1 Å². The van der Waals surface area contributed by atoms with E-state index in [2.05, 4.69) is 16.0 Å². The van der Waals surface area contributed by atoms with Gasteiger partial charge < -0.3 is 0 Å². The number of aromatic nitrogens is 2. The average Bonchev–Trinajstić information content (AvgIpc) is 2.20. The van der Waals surface area contributed by atoms with Crippen LogP contribution in [0.3, 0.4) is 0 Å². The Morgan fingerprint density at radius 1 is 0.923 bits per heavy atom. The van der Waals surface area contributed by atoms with Crippen LogP contribution < -0.4 is 5.19 Å². The Kier molecular flexibility index (Phi) is 2.18. The van der Waals surface area contributed by atoms with Gasteiger partial charge in [-0.2, -0.15) is 0 Å². The van der Waals surface area contributed by atoms with Crippen molar-refractivity contribution in [3.63, 3.8) is 0 Å². The maximum absolute atomic E-state index is 4.32. The fourth-order valence-corrected chi connectivity index (χ4v) is 1.43. The predicted molar refractivity (Wildman–Crippen MR) is 57.0 cm³/mol. The van der Waals surface area contributed by atoms with Crippen LogP contribution in [0.15, 0.2) is 42.7 Å². The van der Waals surface area contributed by atoms with Gasteiger partial charge in [-0.25, -0.2) is 0 Å². The summed E-state index contributed by atoms with van der Waals surface area (Å²) < 4.78 is 0. The molecule has 0 saturated heterocycles. The number of nitrogens with zero attached hydrogens (tertiary/aromatic N) is 2. The molecule has 0 atom stereocenters. The highest BCUT2D eigenvalue weighted by Gasteiger charge is 1.97. The van der Waals surface area contributed by atoms with E-state index < -0.39 is 0 Å². The van der Waals surface area contributed by atoms with Crippen molar-refractivity contribution in [1.82, 2.24) is 9.97 Å². The third-order valence-corrected chi connectivity index (χ3v) is 2.43. The molecule has 0 spiro atoms. The van der Waals surface area contributed by atoms with Crippen LogP contribution in [0.5, 0.6) is 0 Å². The summed E-state index contributed by atoms with van der Waals surface area (Å²) in [5.74, 6) is 0. The van der Waals surface area contributed by atoms with Crippen LogP contribution in [-0.4, -0.2) is 20.2 Å². The molecule has 2 aromatic heterocycles. The standard InChI is InChI=1S/C10H10N2Si/c13-8-4-5-10(12-7-8)9-3-1-2-6-11-9/h1-7H,13H3. The lowest BCUT2D eigenvalue weighted by Gasteiger charge is -1.98. The molecule has 0 saturated carbocycles. The van der Waals surface area contributed by atoms with E-state index in [4.69, 9.17) is 0 Å². The normalized spacial score (nSPS) is 10.2. The van der Waals surface area contributed by atoms with Crippen molar-refractivity contribution in [2.45, 2.75) is 0 Å². The number of rotatable bonds is 1. The molecule has 2 nitrogen and oxygen atoms in total. The van der Waals surface area contributed by atoms with Crippen LogP contribution in [0.25, 0.3) is 11.4 Å². The van der Waals surface area contributed by atoms with Crippen molar-refractivity contribution in [3.8, 4) is 11.4 Å². The Morgan fingerprint density at radius 3 is 2.38 bits per heavy atom. The van der Waals surface area contributed by atoms with Crippen LogP contribution >= 0.6 is 0 Å². The van der Waals surface area contributed by atoms with Crippen molar-refractivity contribution >= 4 is 15.4 Å². The van der Waals surface area contributed by atoms with Crippen LogP contribution in [-0.2, 0) is 0 Å². The molecule has 2 aromatic rings. The van der Waals surface area contributed by atoms with Gasteiger partial charge in [0.1, 0.15) is 0 Å². The summed E-state index contributed by atoms with van der Waals surface area (Å²) in [7, 11) is 1.05. The third-order valence-electron chi connectivity index (χ3n) is 1.84. The van der Waals surface area contributed by atoms with E-state index in [1.165, 1.54) is 5.19 Å². The largest absolute Gasteiger partial charge is 0.255 e. The lowest BCUT2D eigenvalue weighted by Crippen LogP contribution is -2.02. The lowest BCUT2D eigenvalue weighted by atomic mass is 10.2. The van der Waals surface area contributed by atoms with Crippen LogP contribution in [0.1, 0.15) is 0 Å². The highest BCUT2D eigenvalue weighted by Crippen LogP contribution is 2.10. The van der Waals surface area contributed by atoms with Gasteiger partial charge in [0, 0.05) is 22.6 Å². The number of hydrogen-bond acceptors (Lipinski definition) is 2. The molecular weight excluding hydrogens is 176 g/mol. The summed E-state index contributed by atoms with van der Waals surface area (Å²) in [4.78, 5) is 8.55. The quantitative estimate of drug-likeness (QED) is 0.592. The molecule has 0 fully saturated rings. The molecule has 0 aliphatic heterocycles. The zero-order valence-corrected chi connectivity index (χ0v) is 9.44. The summed E-state index contributed by atoms with van der Waals surface area (Å²) in [5.41, 5.74) is 1.88. The van der Waals surface area contributed by atoms with E-state index in [-0.39, 0.29) is 0 Å². The summed E-state index contributed by atoms with van der Waals surface area (Å²) in [6.45, 7) is 0. The summed E-state index contributed by atoms with van der Waals surface area (Å²) in [6, 6.07) is 9.96. The molecule has 0 aromatic carbocycles. The second-order valence-electron chi connectivity index (χ2n) is 2.94. The monoisotopic (exact) mass is 186 g/mol. The van der Waals surface area contributed by atoms with Crippen LogP contribution in [0.2, 0.25) is 0 Å². The van der Waals surface area contributed by atoms with Gasteiger partial charge in [0.05, 0.1) is 11.4 Å². The van der Waals surface area contributed by atoms with E-state index in [9.17, 15) is 0 Å². The SMILES string of the molecule is [SiH3]c1ccc(-c2ccccn2)nc1. The minimum absolute atomic E-state index is 0.934. The smallest absolute Gasteiger partial charge is 0.0886 e. The van der Waals surface area contributed by atoms with Gasteiger partial charge in [0.15, 0.2) is 0 Å². The highest BCUT2D eigenvalue weighted by molar-refractivity contribution is 6.32. The molecule has 0 amide bonds. The first kappa shape index (κ1) is 8.13. The molecule has 0 N–H and O–H groups in total. The second-order valence-corrected chi connectivity index (χ2v) is 4.09. The highest BCUT2D eigenvalue weighted by atomic mass is 28.1. The maximum atomic E-state index is 4.32. The van der Waals surface area contributed by atoms with Gasteiger partial charge in [-0.3, -0.25) is 9.97 Å². The molecule has 2 heterocycles. The van der Waals surface area contributed by atoms with E-state index in [0.29, 0.717) is 0 Å². The first-order valence-corrected chi connectivity index (χ1v) is 5.20. The Morgan fingerprint density at radius 2 is 1.77 bits per heavy atom. The molecule has 0 unspecified atom stereocenters. The molecule has 13 heavy (non-hydrogen) atoms. The Bertz CT molecular complexity index is 383. The summed E-state index contributed by atoms with van der Waals surface area (Å²) in [5, 5.41) is 1.31. The molecular formula is C10H10N2Si. The molecule has 0 aliphatic rings. The predicted octanol–water partition coefficient (Wildman–Crippen LogP) is 0.134. The fourth-order valence-electron chi connectivity index (χ4n) is 1.13. The van der Waals surface area contributed by atoms with E-state index in [1.807, 2.05) is 30.5 Å². The van der Waals surface area contributed by atoms with Crippen LogP contribution in [0, 0.1) is 0 Å². The van der Waals surface area contributed by atoms with E-state index >= 15 is 0 Å². The van der Waals surface area contributed by atoms with Gasteiger partial charge in [-0.15, -0.1) is 0 Å². The van der Waals surface area contributed by atoms with Gasteiger partial charge in [-0.05, 0) is 18.2 Å². The Hall–Kier alpha value is -1.48. The summed E-state index contributed by atoms with van der Waals surface area (Å²) in [6.07, 6.45) is 3.70. The van der Waals surface area contributed by atoms with Gasteiger partial charge in [0.25, 0.3) is 0 Å². The zero-order valence-electron chi connectivity index (χ0n) is 7.44. The van der Waals surface area contributed by atoms with Crippen molar-refractivity contribution in [2.75, 3.05) is 0 Å². The zero-order chi connectivity index (χ0) is 9.10. The van der Waals surface area contributed by atoms with Crippen molar-refractivity contribution in [1.29, 1.82) is 0 Å². The summed E-state index contributed by atoms with van der Waals surface area (Å²) >= 11 is 0. The molecule has 2 rings (SSSR count). The average molecular weight is 186 g/mol. The van der Waals surface area contributed by atoms with Crippen molar-refractivity contribution < 1.29 is 0 Å². The van der Waals surface area contributed by atoms with Gasteiger partial charge in [-0.1, -0.05) is 17.3 Å². The molecule has 0 bridgehead atoms. The van der Waals surface area contributed by atoms with Crippen molar-refractivity contribution in [2.24, 2.45) is 0 Å².